The van der Waals surface area contributed by atoms with E-state index in [0.717, 1.165) is 0 Å². The Kier molecular flexibility index (Phi) is 5.74. The van der Waals surface area contributed by atoms with Gasteiger partial charge in [0.25, 0.3) is 0 Å². The molecule has 0 radical (unpaired) electrons. The van der Waals surface area contributed by atoms with Gasteiger partial charge in [-0.3, -0.25) is 4.90 Å². The number of amides is 1. The van der Waals surface area contributed by atoms with E-state index in [1.165, 1.54) is 11.0 Å². The van der Waals surface area contributed by atoms with Crippen LogP contribution < -0.4 is 4.90 Å². The molecule has 1 atom stereocenters. The lowest BCUT2D eigenvalue weighted by Gasteiger charge is -2.17. The number of nitrogens with zero attached hydrogens (tertiary/aromatic N) is 4. The molecule has 11 heteroatoms. The van der Waals surface area contributed by atoms with Crippen molar-refractivity contribution in [2.24, 2.45) is 0 Å². The van der Waals surface area contributed by atoms with E-state index in [1.807, 2.05) is 0 Å². The van der Waals surface area contributed by atoms with Gasteiger partial charge in [0.1, 0.15) is 17.6 Å². The van der Waals surface area contributed by atoms with Crippen LogP contribution in [0, 0.1) is 5.82 Å². The third kappa shape index (κ3) is 4.46. The predicted molar refractivity (Wildman–Crippen MR) is 113 cm³/mol. The number of aromatic nitrogens is 3. The van der Waals surface area contributed by atoms with Crippen molar-refractivity contribution in [3.05, 3.63) is 52.5 Å². The van der Waals surface area contributed by atoms with Crippen molar-refractivity contribution >= 4 is 49.2 Å². The first kappa shape index (κ1) is 20.7. The van der Waals surface area contributed by atoms with Gasteiger partial charge in [0.2, 0.25) is 0 Å². The minimum absolute atomic E-state index is 0.00951. The highest BCUT2D eigenvalue weighted by atomic mass is 79.9. The van der Waals surface area contributed by atoms with Gasteiger partial charge >= 0.3 is 6.09 Å². The lowest BCUT2D eigenvalue weighted by molar-refractivity contribution is 0.129. The van der Waals surface area contributed by atoms with E-state index in [9.17, 15) is 17.6 Å². The zero-order valence-electron chi connectivity index (χ0n) is 15.7. The first-order valence-corrected chi connectivity index (χ1v) is 11.9. The molecule has 2 aliphatic rings. The van der Waals surface area contributed by atoms with E-state index in [-0.39, 0.29) is 24.5 Å². The van der Waals surface area contributed by atoms with Gasteiger partial charge in [-0.1, -0.05) is 27.2 Å². The van der Waals surface area contributed by atoms with Gasteiger partial charge in [-0.05, 0) is 41.3 Å². The molecule has 2 aromatic rings. The highest BCUT2D eigenvalue weighted by molar-refractivity contribution is 9.11. The lowest BCUT2D eigenvalue weighted by atomic mass is 10.0. The van der Waals surface area contributed by atoms with Gasteiger partial charge in [0.05, 0.1) is 36.5 Å². The molecule has 2 aliphatic heterocycles. The lowest BCUT2D eigenvalue weighted by Crippen LogP contribution is -2.26. The molecule has 1 amide bonds. The number of hydrogen-bond acceptors (Lipinski definition) is 6. The SMILES string of the molecule is O=C1O[C@@H](Cn2cc(C=CBr)nn2)CN1c1ccc(C2=CCS(=O)(=O)CC2)c(F)c1. The summed E-state index contributed by atoms with van der Waals surface area (Å²) in [7, 11) is -3.08. The molecule has 1 fully saturated rings. The zero-order chi connectivity index (χ0) is 21.3. The Morgan fingerprint density at radius 1 is 1.37 bits per heavy atom. The largest absolute Gasteiger partial charge is 0.442 e. The van der Waals surface area contributed by atoms with Gasteiger partial charge in [0.15, 0.2) is 9.84 Å². The summed E-state index contributed by atoms with van der Waals surface area (Å²) < 4.78 is 44.8. The quantitative estimate of drug-likeness (QED) is 0.631. The van der Waals surface area contributed by atoms with Crippen LogP contribution >= 0.6 is 15.9 Å². The van der Waals surface area contributed by atoms with Crippen LogP contribution in [0.25, 0.3) is 11.6 Å². The van der Waals surface area contributed by atoms with Gasteiger partial charge in [-0.2, -0.15) is 0 Å². The standard InChI is InChI=1S/C19H18BrFN4O4S/c20-6-3-14-10-24(23-22-14)11-16-12-25(19(26)29-16)15-1-2-17(18(21)9-15)13-4-7-30(27,28)8-5-13/h1-4,6,9-10,16H,5,7-8,11-12H2/t16-/m0/s1. The third-order valence-electron chi connectivity index (χ3n) is 4.93. The Bertz CT molecular complexity index is 1150. The fourth-order valence-electron chi connectivity index (χ4n) is 3.43. The summed E-state index contributed by atoms with van der Waals surface area (Å²) in [4.78, 5) is 15.3. The van der Waals surface area contributed by atoms with Gasteiger partial charge in [-0.15, -0.1) is 5.10 Å². The normalized spacial score (nSPS) is 21.1. The smallest absolute Gasteiger partial charge is 0.414 e. The van der Waals surface area contributed by atoms with Crippen LogP contribution in [0.1, 0.15) is 17.7 Å². The van der Waals surface area contributed by atoms with E-state index in [0.29, 0.717) is 29.1 Å². The maximum Gasteiger partial charge on any atom is 0.414 e. The molecule has 1 aromatic carbocycles. The molecule has 0 aliphatic carbocycles. The van der Waals surface area contributed by atoms with Crippen LogP contribution in [0.5, 0.6) is 0 Å². The van der Waals surface area contributed by atoms with Gasteiger partial charge in [-0.25, -0.2) is 22.3 Å². The fraction of sp³-hybridized carbons (Fsp3) is 0.316. The number of rotatable bonds is 5. The number of anilines is 1. The van der Waals surface area contributed by atoms with Crippen molar-refractivity contribution in [3.63, 3.8) is 0 Å². The maximum absolute atomic E-state index is 14.7. The number of cyclic esters (lactones) is 1. The zero-order valence-corrected chi connectivity index (χ0v) is 18.1. The highest BCUT2D eigenvalue weighted by Crippen LogP contribution is 2.30. The summed E-state index contributed by atoms with van der Waals surface area (Å²) in [5.41, 5.74) is 2.06. The molecule has 158 valence electrons. The summed E-state index contributed by atoms with van der Waals surface area (Å²) in [6.07, 6.45) is 4.27. The molecule has 0 saturated carbocycles. The van der Waals surface area contributed by atoms with Gasteiger partial charge in [0, 0.05) is 5.56 Å². The summed E-state index contributed by atoms with van der Waals surface area (Å²) >= 11 is 3.17. The summed E-state index contributed by atoms with van der Waals surface area (Å²) in [6, 6.07) is 4.49. The second-order valence-electron chi connectivity index (χ2n) is 7.03. The highest BCUT2D eigenvalue weighted by Gasteiger charge is 2.33. The molecule has 1 saturated heterocycles. The monoisotopic (exact) mass is 496 g/mol. The van der Waals surface area contributed by atoms with Crippen molar-refractivity contribution in [2.45, 2.75) is 19.1 Å². The van der Waals surface area contributed by atoms with E-state index in [1.54, 1.807) is 40.1 Å². The molecule has 0 N–H and O–H groups in total. The van der Waals surface area contributed by atoms with E-state index >= 15 is 0 Å². The molecule has 0 bridgehead atoms. The topological polar surface area (TPSA) is 94.4 Å². The third-order valence-corrected chi connectivity index (χ3v) is 6.70. The Morgan fingerprint density at radius 2 is 2.20 bits per heavy atom. The molecule has 3 heterocycles. The molecule has 1 aromatic heterocycles. The summed E-state index contributed by atoms with van der Waals surface area (Å²) in [5, 5.41) is 7.95. The fourth-order valence-corrected chi connectivity index (χ4v) is 4.86. The Balaban J connectivity index is 1.47. The summed E-state index contributed by atoms with van der Waals surface area (Å²) in [5.74, 6) is -0.578. The number of ether oxygens (including phenoxy) is 1. The number of halogens is 2. The van der Waals surface area contributed by atoms with E-state index in [4.69, 9.17) is 4.74 Å². The van der Waals surface area contributed by atoms with Crippen LogP contribution in [0.2, 0.25) is 0 Å². The van der Waals surface area contributed by atoms with Crippen molar-refractivity contribution in [3.8, 4) is 0 Å². The van der Waals surface area contributed by atoms with Crippen molar-refractivity contribution < 1.29 is 22.3 Å². The van der Waals surface area contributed by atoms with Crippen molar-refractivity contribution in [1.82, 2.24) is 15.0 Å². The van der Waals surface area contributed by atoms with Gasteiger partial charge < -0.3 is 4.74 Å². The first-order chi connectivity index (χ1) is 14.3. The minimum atomic E-state index is -3.08. The number of sulfone groups is 1. The second kappa shape index (κ2) is 8.31. The van der Waals surface area contributed by atoms with Crippen LogP contribution in [0.15, 0.2) is 35.5 Å². The van der Waals surface area contributed by atoms with Crippen molar-refractivity contribution in [1.29, 1.82) is 0 Å². The molecule has 0 unspecified atom stereocenters. The Morgan fingerprint density at radius 3 is 2.90 bits per heavy atom. The molecular weight excluding hydrogens is 479 g/mol. The number of allylic oxidation sites excluding steroid dienone is 1. The molecular formula is C19H18BrFN4O4S. The first-order valence-electron chi connectivity index (χ1n) is 9.19. The Labute approximate surface area is 181 Å². The minimum Gasteiger partial charge on any atom is -0.442 e. The van der Waals surface area contributed by atoms with Crippen LogP contribution in [-0.4, -0.2) is 53.7 Å². The number of carbonyl (C=O) groups excluding carboxylic acids is 1. The number of carbonyl (C=O) groups is 1. The second-order valence-corrected chi connectivity index (χ2v) is 9.79. The molecule has 4 rings (SSSR count). The van der Waals surface area contributed by atoms with Crippen LogP contribution in [0.4, 0.5) is 14.9 Å². The van der Waals surface area contributed by atoms with E-state index in [2.05, 4.69) is 26.2 Å². The maximum atomic E-state index is 14.7. The Hall–Kier alpha value is -2.53. The average Bonchev–Trinajstić information content (AvgIpc) is 3.29. The van der Waals surface area contributed by atoms with Crippen LogP contribution in [-0.2, 0) is 21.1 Å². The van der Waals surface area contributed by atoms with Crippen molar-refractivity contribution in [2.75, 3.05) is 23.0 Å². The summed E-state index contributed by atoms with van der Waals surface area (Å²) in [6.45, 7) is 0.579. The van der Waals surface area contributed by atoms with E-state index < -0.39 is 27.9 Å². The predicted octanol–water partition coefficient (Wildman–Crippen LogP) is 3.01. The molecule has 30 heavy (non-hydrogen) atoms. The van der Waals surface area contributed by atoms with Crippen LogP contribution in [0.3, 0.4) is 0 Å². The number of benzene rings is 1. The molecule has 8 nitrogen and oxygen atoms in total. The average molecular weight is 497 g/mol. The molecule has 0 spiro atoms. The number of hydrogen-bond donors (Lipinski definition) is 0.